The van der Waals surface area contributed by atoms with Crippen molar-refractivity contribution in [2.75, 3.05) is 26.2 Å². The molecule has 3 aliphatic rings. The van der Waals surface area contributed by atoms with Gasteiger partial charge in [0, 0.05) is 17.6 Å². The predicted octanol–water partition coefficient (Wildman–Crippen LogP) is 2.94. The number of nitrogens with zero attached hydrogens (tertiary/aromatic N) is 1. The van der Waals surface area contributed by atoms with Crippen LogP contribution >= 0.6 is 15.9 Å². The Morgan fingerprint density at radius 2 is 1.68 bits per heavy atom. The van der Waals surface area contributed by atoms with Crippen LogP contribution < -0.4 is 5.32 Å². The molecule has 1 N–H and O–H groups in total. The molecule has 0 unspecified atom stereocenters. The molecule has 0 spiro atoms. The zero-order valence-corrected chi connectivity index (χ0v) is 14.4. The molecule has 2 saturated heterocycles. The van der Waals surface area contributed by atoms with Gasteiger partial charge in [0.05, 0.1) is 5.41 Å². The number of benzene rings is 1. The van der Waals surface area contributed by atoms with Gasteiger partial charge < -0.3 is 10.2 Å². The Morgan fingerprint density at radius 3 is 2.23 bits per heavy atom. The van der Waals surface area contributed by atoms with Gasteiger partial charge in [-0.15, -0.1) is 0 Å². The van der Waals surface area contributed by atoms with Crippen molar-refractivity contribution in [2.24, 2.45) is 11.8 Å². The Kier molecular flexibility index (Phi) is 3.77. The fourth-order valence-corrected chi connectivity index (χ4v) is 4.51. The van der Waals surface area contributed by atoms with Crippen LogP contribution in [-0.2, 0) is 10.2 Å². The Hall–Kier alpha value is -0.870. The van der Waals surface area contributed by atoms with Crippen molar-refractivity contribution >= 4 is 21.8 Å². The molecule has 1 aromatic rings. The van der Waals surface area contributed by atoms with Gasteiger partial charge >= 0.3 is 0 Å². The van der Waals surface area contributed by atoms with E-state index < -0.39 is 0 Å². The van der Waals surface area contributed by atoms with Crippen LogP contribution in [0.1, 0.15) is 31.2 Å². The number of likely N-dealkylation sites (tertiary alicyclic amines) is 1. The van der Waals surface area contributed by atoms with Gasteiger partial charge in [-0.05, 0) is 68.3 Å². The van der Waals surface area contributed by atoms with E-state index in [4.69, 9.17) is 0 Å². The van der Waals surface area contributed by atoms with Crippen molar-refractivity contribution < 1.29 is 4.79 Å². The van der Waals surface area contributed by atoms with E-state index in [-0.39, 0.29) is 5.41 Å². The Morgan fingerprint density at radius 1 is 1.09 bits per heavy atom. The molecule has 2 heterocycles. The highest BCUT2D eigenvalue weighted by Crippen LogP contribution is 2.50. The lowest BCUT2D eigenvalue weighted by molar-refractivity contribution is -0.134. The van der Waals surface area contributed by atoms with Gasteiger partial charge in [-0.1, -0.05) is 28.1 Å². The van der Waals surface area contributed by atoms with Gasteiger partial charge in [0.15, 0.2) is 0 Å². The summed E-state index contributed by atoms with van der Waals surface area (Å²) >= 11 is 3.48. The van der Waals surface area contributed by atoms with Crippen LogP contribution in [-0.4, -0.2) is 37.0 Å². The third kappa shape index (κ3) is 2.50. The van der Waals surface area contributed by atoms with E-state index in [1.165, 1.54) is 18.4 Å². The Labute approximate surface area is 140 Å². The number of carbonyl (C=O) groups excluding carboxylic acids is 1. The van der Waals surface area contributed by atoms with Gasteiger partial charge in [-0.2, -0.15) is 0 Å². The maximum absolute atomic E-state index is 13.1. The molecule has 2 atom stereocenters. The highest BCUT2D eigenvalue weighted by molar-refractivity contribution is 9.10. The minimum absolute atomic E-state index is 0.210. The van der Waals surface area contributed by atoms with Gasteiger partial charge in [-0.3, -0.25) is 4.79 Å². The highest BCUT2D eigenvalue weighted by Gasteiger charge is 2.53. The van der Waals surface area contributed by atoms with Crippen molar-refractivity contribution in [3.63, 3.8) is 0 Å². The zero-order valence-electron chi connectivity index (χ0n) is 12.9. The van der Waals surface area contributed by atoms with E-state index in [1.54, 1.807) is 0 Å². The zero-order chi connectivity index (χ0) is 15.2. The molecule has 3 nitrogen and oxygen atoms in total. The van der Waals surface area contributed by atoms with Gasteiger partial charge in [-0.25, -0.2) is 0 Å². The first-order valence-corrected chi connectivity index (χ1v) is 9.24. The number of nitrogens with one attached hydrogen (secondary N) is 1. The average Bonchev–Trinajstić information content (AvgIpc) is 3.26. The standard InChI is InChI=1S/C18H23BrN2O/c19-16-3-1-15(2-4-16)18(7-8-18)17(22)21-9-5-13-11-20-12-14(13)6-10-21/h1-4,13-14,20H,5-12H2/t13-,14+. The van der Waals surface area contributed by atoms with E-state index >= 15 is 0 Å². The highest BCUT2D eigenvalue weighted by atomic mass is 79.9. The molecule has 1 amide bonds. The molecular formula is C18H23BrN2O. The van der Waals surface area contributed by atoms with Crippen LogP contribution in [0.4, 0.5) is 0 Å². The second-order valence-corrected chi connectivity index (χ2v) is 8.05. The second kappa shape index (κ2) is 5.64. The maximum Gasteiger partial charge on any atom is 0.233 e. The Balaban J connectivity index is 1.50. The molecule has 4 heteroatoms. The summed E-state index contributed by atoms with van der Waals surface area (Å²) in [5.74, 6) is 1.93. The Bertz CT molecular complexity index is 553. The smallest absolute Gasteiger partial charge is 0.233 e. The lowest BCUT2D eigenvalue weighted by Gasteiger charge is -2.27. The fraction of sp³-hybridized carbons (Fsp3) is 0.611. The number of hydrogen-bond donors (Lipinski definition) is 1. The van der Waals surface area contributed by atoms with Crippen molar-refractivity contribution in [2.45, 2.75) is 31.1 Å². The van der Waals surface area contributed by atoms with E-state index in [0.717, 1.165) is 55.3 Å². The quantitative estimate of drug-likeness (QED) is 0.876. The van der Waals surface area contributed by atoms with Crippen LogP contribution in [0.3, 0.4) is 0 Å². The first-order chi connectivity index (χ1) is 10.7. The molecule has 118 valence electrons. The molecule has 1 saturated carbocycles. The van der Waals surface area contributed by atoms with E-state index in [9.17, 15) is 4.79 Å². The minimum Gasteiger partial charge on any atom is -0.342 e. The molecule has 0 radical (unpaired) electrons. The summed E-state index contributed by atoms with van der Waals surface area (Å²) < 4.78 is 1.08. The summed E-state index contributed by atoms with van der Waals surface area (Å²) in [5, 5.41) is 3.50. The summed E-state index contributed by atoms with van der Waals surface area (Å²) in [7, 11) is 0. The summed E-state index contributed by atoms with van der Waals surface area (Å²) in [4.78, 5) is 15.3. The number of hydrogen-bond acceptors (Lipinski definition) is 2. The van der Waals surface area contributed by atoms with Crippen molar-refractivity contribution in [1.82, 2.24) is 10.2 Å². The molecule has 22 heavy (non-hydrogen) atoms. The number of carbonyl (C=O) groups is 1. The monoisotopic (exact) mass is 362 g/mol. The van der Waals surface area contributed by atoms with Crippen LogP contribution in [0.15, 0.2) is 28.7 Å². The lowest BCUT2D eigenvalue weighted by atomic mass is 9.92. The first-order valence-electron chi connectivity index (χ1n) is 8.45. The fourth-order valence-electron chi connectivity index (χ4n) is 4.24. The molecule has 2 aliphatic heterocycles. The molecule has 1 aromatic carbocycles. The van der Waals surface area contributed by atoms with Crippen molar-refractivity contribution in [3.05, 3.63) is 34.3 Å². The molecule has 1 aliphatic carbocycles. The average molecular weight is 363 g/mol. The van der Waals surface area contributed by atoms with Gasteiger partial charge in [0.25, 0.3) is 0 Å². The summed E-state index contributed by atoms with van der Waals surface area (Å²) in [5.41, 5.74) is 0.991. The molecular weight excluding hydrogens is 340 g/mol. The van der Waals surface area contributed by atoms with Crippen LogP contribution in [0, 0.1) is 11.8 Å². The molecule has 4 rings (SSSR count). The van der Waals surface area contributed by atoms with Gasteiger partial charge in [0.2, 0.25) is 5.91 Å². The largest absolute Gasteiger partial charge is 0.342 e. The topological polar surface area (TPSA) is 32.3 Å². The molecule has 3 fully saturated rings. The van der Waals surface area contributed by atoms with Crippen LogP contribution in [0.2, 0.25) is 0 Å². The van der Waals surface area contributed by atoms with E-state index in [2.05, 4.69) is 50.4 Å². The van der Waals surface area contributed by atoms with Gasteiger partial charge in [0.1, 0.15) is 0 Å². The minimum atomic E-state index is -0.210. The van der Waals surface area contributed by atoms with Crippen molar-refractivity contribution in [1.29, 1.82) is 0 Å². The lowest BCUT2D eigenvalue weighted by Crippen LogP contribution is -2.40. The third-order valence-electron chi connectivity index (χ3n) is 5.86. The SMILES string of the molecule is O=C(N1CC[C@@H]2CNC[C@@H]2CC1)C1(c2ccc(Br)cc2)CC1. The summed E-state index contributed by atoms with van der Waals surface area (Å²) in [6.07, 6.45) is 4.36. The number of fused-ring (bicyclic) bond motifs is 1. The van der Waals surface area contributed by atoms with E-state index in [0.29, 0.717) is 5.91 Å². The molecule has 0 aromatic heterocycles. The number of amides is 1. The maximum atomic E-state index is 13.1. The first kappa shape index (κ1) is 14.7. The number of rotatable bonds is 2. The second-order valence-electron chi connectivity index (χ2n) is 7.14. The van der Waals surface area contributed by atoms with Crippen LogP contribution in [0.5, 0.6) is 0 Å². The summed E-state index contributed by atoms with van der Waals surface area (Å²) in [6, 6.07) is 8.35. The van der Waals surface area contributed by atoms with Crippen LogP contribution in [0.25, 0.3) is 0 Å². The summed E-state index contributed by atoms with van der Waals surface area (Å²) in [6.45, 7) is 4.18. The third-order valence-corrected chi connectivity index (χ3v) is 6.39. The molecule has 0 bridgehead atoms. The van der Waals surface area contributed by atoms with Crippen molar-refractivity contribution in [3.8, 4) is 0 Å². The predicted molar refractivity (Wildman–Crippen MR) is 90.7 cm³/mol. The normalized spacial score (nSPS) is 29.8. The number of halogens is 1. The van der Waals surface area contributed by atoms with E-state index in [1.807, 2.05) is 0 Å².